The lowest BCUT2D eigenvalue weighted by atomic mass is 9.98. The van der Waals surface area contributed by atoms with Gasteiger partial charge < -0.3 is 50.5 Å². The third kappa shape index (κ3) is 48.0. The number of amides is 1. The zero-order chi connectivity index (χ0) is 60.3. The van der Waals surface area contributed by atoms with Gasteiger partial charge in [0.15, 0.2) is 6.29 Å². The maximum absolute atomic E-state index is 13.3. The molecule has 0 spiro atoms. The Labute approximate surface area is 511 Å². The van der Waals surface area contributed by atoms with Crippen molar-refractivity contribution in [1.82, 2.24) is 5.32 Å². The van der Waals surface area contributed by atoms with Gasteiger partial charge in [0, 0.05) is 0 Å². The summed E-state index contributed by atoms with van der Waals surface area (Å²) in [4.78, 5) is 13.3. The average molecular weight is 1180 g/mol. The van der Waals surface area contributed by atoms with Gasteiger partial charge in [0.1, 0.15) is 36.6 Å². The first-order valence-corrected chi connectivity index (χ1v) is 35.9. The van der Waals surface area contributed by atoms with E-state index in [0.717, 1.165) is 44.9 Å². The SMILES string of the molecule is CCCCCCCCCCC/C=C\C/C=C\CCCCCCCCCCCCCCC(O)C(=O)NC(COC1OC(CO)C(O)C(O)C1O)C(O)C(O)CCC/C=C/CCCCCCCCCCCCCCCCCCCCCCCCC. The molecular formula is C72H137NO10. The van der Waals surface area contributed by atoms with Crippen LogP contribution in [0.3, 0.4) is 0 Å². The molecule has 9 atom stereocenters. The number of carbonyl (C=O) groups is 1. The fraction of sp³-hybridized carbons (Fsp3) is 0.903. The summed E-state index contributed by atoms with van der Waals surface area (Å²) in [6.45, 7) is 3.50. The van der Waals surface area contributed by atoms with Crippen LogP contribution in [0.25, 0.3) is 0 Å². The van der Waals surface area contributed by atoms with Crippen LogP contribution in [0.4, 0.5) is 0 Å². The standard InChI is InChI=1S/C72H137NO10/c1-3-5-7-9-11-13-15-17-19-21-23-25-27-29-31-33-35-37-39-41-43-45-47-49-51-53-55-57-59-64(75)67(77)63(62-82-72-70(80)69(79)68(78)66(61-74)83-72)73-71(81)65(76)60-58-56-54-52-50-48-46-44-42-40-38-36-34-32-30-28-26-24-22-20-18-16-14-12-10-8-6-4-2/h24,26,30,32,51,53,63-70,72,74-80H,3-23,25,27-29,31,33-50,52,54-62H2,1-2H3,(H,73,81)/b26-24-,32-30-,53-51+. The highest BCUT2D eigenvalue weighted by Gasteiger charge is 2.44. The van der Waals surface area contributed by atoms with Crippen molar-refractivity contribution in [3.05, 3.63) is 36.5 Å². The van der Waals surface area contributed by atoms with Crippen LogP contribution in [0.5, 0.6) is 0 Å². The number of unbranched alkanes of at least 4 members (excludes halogenated alkanes) is 45. The summed E-state index contributed by atoms with van der Waals surface area (Å²) in [6.07, 6.45) is 66.6. The van der Waals surface area contributed by atoms with E-state index in [2.05, 4.69) is 55.6 Å². The van der Waals surface area contributed by atoms with Crippen LogP contribution in [-0.4, -0.2) is 110 Å². The second-order valence-corrected chi connectivity index (χ2v) is 25.3. The van der Waals surface area contributed by atoms with E-state index in [1.165, 1.54) is 263 Å². The molecule has 83 heavy (non-hydrogen) atoms. The number of carbonyl (C=O) groups excluding carboxylic acids is 1. The Morgan fingerprint density at radius 2 is 0.747 bits per heavy atom. The van der Waals surface area contributed by atoms with Gasteiger partial charge in [-0.25, -0.2) is 0 Å². The van der Waals surface area contributed by atoms with Gasteiger partial charge in [-0.05, 0) is 70.6 Å². The van der Waals surface area contributed by atoms with E-state index >= 15 is 0 Å². The first-order valence-electron chi connectivity index (χ1n) is 35.9. The van der Waals surface area contributed by atoms with E-state index in [-0.39, 0.29) is 12.8 Å². The molecule has 1 heterocycles. The monoisotopic (exact) mass is 1180 g/mol. The van der Waals surface area contributed by atoms with Crippen LogP contribution in [0, 0.1) is 0 Å². The van der Waals surface area contributed by atoms with Crippen LogP contribution in [0.2, 0.25) is 0 Å². The van der Waals surface area contributed by atoms with Gasteiger partial charge in [0.2, 0.25) is 5.91 Å². The predicted molar refractivity (Wildman–Crippen MR) is 349 cm³/mol. The Balaban J connectivity index is 2.21. The third-order valence-electron chi connectivity index (χ3n) is 17.4. The Morgan fingerprint density at radius 1 is 0.422 bits per heavy atom. The van der Waals surface area contributed by atoms with Gasteiger partial charge in [-0.1, -0.05) is 314 Å². The number of rotatable bonds is 63. The summed E-state index contributed by atoms with van der Waals surface area (Å²) < 4.78 is 11.2. The Kier molecular flexibility index (Phi) is 57.9. The molecule has 9 unspecified atom stereocenters. The molecule has 1 aliphatic rings. The Bertz CT molecular complexity index is 1440. The summed E-state index contributed by atoms with van der Waals surface area (Å²) in [5.41, 5.74) is 0. The first-order chi connectivity index (χ1) is 40.7. The second kappa shape index (κ2) is 60.6. The minimum atomic E-state index is -1.67. The molecule has 1 rings (SSSR count). The van der Waals surface area contributed by atoms with Crippen LogP contribution in [0.1, 0.15) is 348 Å². The number of hydrogen-bond acceptors (Lipinski definition) is 10. The highest BCUT2D eigenvalue weighted by Crippen LogP contribution is 2.24. The van der Waals surface area contributed by atoms with Crippen molar-refractivity contribution in [3.8, 4) is 0 Å². The first kappa shape index (κ1) is 79.3. The minimum Gasteiger partial charge on any atom is -0.394 e. The van der Waals surface area contributed by atoms with E-state index in [9.17, 15) is 40.5 Å². The van der Waals surface area contributed by atoms with E-state index in [1.807, 2.05) is 0 Å². The molecule has 0 aromatic carbocycles. The molecule has 1 aliphatic heterocycles. The van der Waals surface area contributed by atoms with Crippen molar-refractivity contribution in [2.75, 3.05) is 13.2 Å². The van der Waals surface area contributed by atoms with Crippen LogP contribution in [-0.2, 0) is 14.3 Å². The smallest absolute Gasteiger partial charge is 0.249 e. The Hall–Kier alpha value is -1.67. The highest BCUT2D eigenvalue weighted by molar-refractivity contribution is 5.80. The number of nitrogens with one attached hydrogen (secondary N) is 1. The van der Waals surface area contributed by atoms with Crippen molar-refractivity contribution in [1.29, 1.82) is 0 Å². The molecule has 0 aliphatic carbocycles. The normalized spacial score (nSPS) is 19.2. The Morgan fingerprint density at radius 3 is 1.11 bits per heavy atom. The average Bonchev–Trinajstić information content (AvgIpc) is 3.68. The molecule has 0 aromatic rings. The van der Waals surface area contributed by atoms with Gasteiger partial charge >= 0.3 is 0 Å². The maximum atomic E-state index is 13.3. The lowest BCUT2D eigenvalue weighted by molar-refractivity contribution is -0.303. The maximum Gasteiger partial charge on any atom is 0.249 e. The van der Waals surface area contributed by atoms with Crippen molar-refractivity contribution >= 4 is 5.91 Å². The van der Waals surface area contributed by atoms with E-state index < -0.39 is 74.2 Å². The number of hydrogen-bond donors (Lipinski definition) is 8. The predicted octanol–water partition coefficient (Wildman–Crippen LogP) is 17.4. The van der Waals surface area contributed by atoms with Crippen molar-refractivity contribution < 1.29 is 50.0 Å². The van der Waals surface area contributed by atoms with Crippen molar-refractivity contribution in [2.24, 2.45) is 0 Å². The molecule has 1 fully saturated rings. The molecule has 490 valence electrons. The zero-order valence-corrected chi connectivity index (χ0v) is 54.2. The van der Waals surface area contributed by atoms with Crippen molar-refractivity contribution in [2.45, 2.75) is 403 Å². The van der Waals surface area contributed by atoms with Crippen LogP contribution >= 0.6 is 0 Å². The lowest BCUT2D eigenvalue weighted by Gasteiger charge is -2.40. The van der Waals surface area contributed by atoms with Crippen LogP contribution in [0.15, 0.2) is 36.5 Å². The van der Waals surface area contributed by atoms with Gasteiger partial charge in [0.05, 0.1) is 25.4 Å². The molecule has 8 N–H and O–H groups in total. The summed E-state index contributed by atoms with van der Waals surface area (Å²) in [6, 6.07) is -1.19. The number of ether oxygens (including phenoxy) is 2. The molecule has 1 amide bonds. The molecule has 1 saturated heterocycles. The minimum absolute atomic E-state index is 0.253. The largest absolute Gasteiger partial charge is 0.394 e. The summed E-state index contributed by atoms with van der Waals surface area (Å²) >= 11 is 0. The van der Waals surface area contributed by atoms with E-state index in [0.29, 0.717) is 12.8 Å². The molecule has 11 heteroatoms. The number of allylic oxidation sites excluding steroid dienone is 6. The quantitative estimate of drug-likeness (QED) is 0.0215. The molecule has 0 bridgehead atoms. The fourth-order valence-corrected chi connectivity index (χ4v) is 11.7. The molecule has 11 nitrogen and oxygen atoms in total. The molecule has 0 aromatic heterocycles. The van der Waals surface area contributed by atoms with E-state index in [4.69, 9.17) is 9.47 Å². The second-order valence-electron chi connectivity index (χ2n) is 25.3. The van der Waals surface area contributed by atoms with Gasteiger partial charge in [-0.3, -0.25) is 4.79 Å². The zero-order valence-electron chi connectivity index (χ0n) is 54.2. The fourth-order valence-electron chi connectivity index (χ4n) is 11.7. The summed E-state index contributed by atoms with van der Waals surface area (Å²) in [5, 5.41) is 76.5. The van der Waals surface area contributed by atoms with Crippen molar-refractivity contribution in [3.63, 3.8) is 0 Å². The third-order valence-corrected chi connectivity index (χ3v) is 17.4. The van der Waals surface area contributed by atoms with Gasteiger partial charge in [-0.2, -0.15) is 0 Å². The number of aliphatic hydroxyl groups excluding tert-OH is 7. The highest BCUT2D eigenvalue weighted by atomic mass is 16.7. The van der Waals surface area contributed by atoms with E-state index in [1.54, 1.807) is 0 Å². The molecule has 0 saturated carbocycles. The van der Waals surface area contributed by atoms with Gasteiger partial charge in [-0.15, -0.1) is 0 Å². The number of aliphatic hydroxyl groups is 7. The lowest BCUT2D eigenvalue weighted by Crippen LogP contribution is -2.60. The summed E-state index contributed by atoms with van der Waals surface area (Å²) in [7, 11) is 0. The molecular weight excluding hydrogens is 1040 g/mol. The summed E-state index contributed by atoms with van der Waals surface area (Å²) in [5.74, 6) is -0.703. The molecule has 0 radical (unpaired) electrons. The van der Waals surface area contributed by atoms with Crippen LogP contribution < -0.4 is 5.32 Å². The van der Waals surface area contributed by atoms with Gasteiger partial charge in [0.25, 0.3) is 0 Å². The topological polar surface area (TPSA) is 189 Å².